The van der Waals surface area contributed by atoms with E-state index in [0.29, 0.717) is 33.3 Å². The number of halogens is 3. The summed E-state index contributed by atoms with van der Waals surface area (Å²) < 4.78 is 31.5. The van der Waals surface area contributed by atoms with E-state index in [2.05, 4.69) is 26.0 Å². The smallest absolute Gasteiger partial charge is 0.387 e. The fourth-order valence-electron chi connectivity index (χ4n) is 4.49. The van der Waals surface area contributed by atoms with Crippen molar-refractivity contribution in [1.29, 1.82) is 0 Å². The second-order valence-corrected chi connectivity index (χ2v) is 9.66. The summed E-state index contributed by atoms with van der Waals surface area (Å²) in [5.41, 5.74) is 3.69. The number of para-hydroxylation sites is 1. The third kappa shape index (κ3) is 6.34. The van der Waals surface area contributed by atoms with Crippen molar-refractivity contribution in [2.75, 3.05) is 6.54 Å². The number of benzene rings is 3. The van der Waals surface area contributed by atoms with Crippen LogP contribution in [0.25, 0.3) is 22.2 Å². The van der Waals surface area contributed by atoms with Gasteiger partial charge in [-0.05, 0) is 48.7 Å². The molecule has 0 aliphatic heterocycles. The number of ether oxygens (including phenoxy) is 1. The van der Waals surface area contributed by atoms with E-state index in [1.165, 1.54) is 6.07 Å². The predicted molar refractivity (Wildman–Crippen MR) is 145 cm³/mol. The second-order valence-electron chi connectivity index (χ2n) is 8.74. The number of fused-ring (bicyclic) bond motifs is 1. The summed E-state index contributed by atoms with van der Waals surface area (Å²) in [4.78, 5) is 29.8. The standard InChI is InChI=1S/C29H25BrF2N2O4/c1-17-26(22-15-20(30)12-13-23(22)34-27(17)18-7-3-2-4-8-18)28(37)33-16-19(11-14-25(35)36)21-9-5-6-10-24(21)38-29(31)32/h2-10,12-13,15,19,29H,11,14,16H2,1H3,(H,33,37)(H,35,36)/t19-/m0/s1. The number of carboxylic acid groups (broad SMARTS) is 1. The molecule has 0 aliphatic carbocycles. The van der Waals surface area contributed by atoms with Gasteiger partial charge >= 0.3 is 12.6 Å². The molecule has 0 saturated carbocycles. The van der Waals surface area contributed by atoms with E-state index in [1.807, 2.05) is 55.5 Å². The summed E-state index contributed by atoms with van der Waals surface area (Å²) in [7, 11) is 0. The fraction of sp³-hybridized carbons (Fsp3) is 0.207. The Hall–Kier alpha value is -3.85. The molecule has 0 aliphatic rings. The third-order valence-electron chi connectivity index (χ3n) is 6.26. The van der Waals surface area contributed by atoms with Gasteiger partial charge in [-0.2, -0.15) is 8.78 Å². The molecule has 0 spiro atoms. The van der Waals surface area contributed by atoms with Crippen molar-refractivity contribution < 1.29 is 28.2 Å². The van der Waals surface area contributed by atoms with E-state index < -0.39 is 18.5 Å². The van der Waals surface area contributed by atoms with Gasteiger partial charge in [0.1, 0.15) is 5.75 Å². The van der Waals surface area contributed by atoms with Crippen LogP contribution in [0.1, 0.15) is 40.2 Å². The molecule has 3 aromatic carbocycles. The number of pyridine rings is 1. The molecule has 1 heterocycles. The van der Waals surface area contributed by atoms with Crippen LogP contribution in [0.3, 0.4) is 0 Å². The molecule has 0 fully saturated rings. The Bertz CT molecular complexity index is 1460. The summed E-state index contributed by atoms with van der Waals surface area (Å²) in [6.07, 6.45) is -0.0814. The summed E-state index contributed by atoms with van der Waals surface area (Å²) in [6, 6.07) is 21.3. The molecular formula is C29H25BrF2N2O4. The number of aliphatic carboxylic acids is 1. The van der Waals surface area contributed by atoms with Crippen LogP contribution in [0.2, 0.25) is 0 Å². The van der Waals surface area contributed by atoms with Crippen molar-refractivity contribution in [3.05, 3.63) is 94.0 Å². The van der Waals surface area contributed by atoms with Crippen molar-refractivity contribution in [2.24, 2.45) is 0 Å². The average Bonchev–Trinajstić information content (AvgIpc) is 2.89. The van der Waals surface area contributed by atoms with Crippen molar-refractivity contribution in [1.82, 2.24) is 10.3 Å². The largest absolute Gasteiger partial charge is 0.481 e. The first-order chi connectivity index (χ1) is 18.2. The number of carboxylic acids is 1. The predicted octanol–water partition coefficient (Wildman–Crippen LogP) is 6.95. The molecule has 0 unspecified atom stereocenters. The van der Waals surface area contributed by atoms with E-state index in [1.54, 1.807) is 18.2 Å². The lowest BCUT2D eigenvalue weighted by molar-refractivity contribution is -0.137. The van der Waals surface area contributed by atoms with E-state index in [-0.39, 0.29) is 31.0 Å². The maximum Gasteiger partial charge on any atom is 0.387 e. The van der Waals surface area contributed by atoms with Crippen LogP contribution in [0, 0.1) is 6.92 Å². The Morgan fingerprint density at radius 1 is 1.05 bits per heavy atom. The van der Waals surface area contributed by atoms with Gasteiger partial charge in [0.05, 0.1) is 16.8 Å². The Labute approximate surface area is 226 Å². The molecule has 0 bridgehead atoms. The van der Waals surface area contributed by atoms with Gasteiger partial charge in [0.15, 0.2) is 0 Å². The van der Waals surface area contributed by atoms with Crippen molar-refractivity contribution in [2.45, 2.75) is 32.3 Å². The quantitative estimate of drug-likeness (QED) is 0.211. The van der Waals surface area contributed by atoms with Gasteiger partial charge in [-0.1, -0.05) is 64.5 Å². The molecule has 0 radical (unpaired) electrons. The molecule has 1 amide bonds. The lowest BCUT2D eigenvalue weighted by Crippen LogP contribution is -2.30. The molecule has 38 heavy (non-hydrogen) atoms. The van der Waals surface area contributed by atoms with Crippen LogP contribution in [0.5, 0.6) is 5.75 Å². The number of hydrogen-bond donors (Lipinski definition) is 2. The topological polar surface area (TPSA) is 88.5 Å². The van der Waals surface area contributed by atoms with Crippen LogP contribution in [0.15, 0.2) is 77.3 Å². The van der Waals surface area contributed by atoms with E-state index in [4.69, 9.17) is 4.98 Å². The van der Waals surface area contributed by atoms with Gasteiger partial charge in [-0.3, -0.25) is 9.59 Å². The minimum Gasteiger partial charge on any atom is -0.481 e. The van der Waals surface area contributed by atoms with Crippen molar-refractivity contribution in [3.8, 4) is 17.0 Å². The maximum atomic E-state index is 13.7. The Kier molecular flexibility index (Phi) is 8.68. The van der Waals surface area contributed by atoms with Crippen LogP contribution >= 0.6 is 15.9 Å². The molecule has 4 aromatic rings. The normalized spacial score (nSPS) is 11.9. The lowest BCUT2D eigenvalue weighted by Gasteiger charge is -2.21. The molecular weight excluding hydrogens is 558 g/mol. The number of hydrogen-bond acceptors (Lipinski definition) is 4. The molecule has 1 aromatic heterocycles. The highest BCUT2D eigenvalue weighted by molar-refractivity contribution is 9.10. The van der Waals surface area contributed by atoms with E-state index >= 15 is 0 Å². The zero-order valence-corrected chi connectivity index (χ0v) is 22.0. The van der Waals surface area contributed by atoms with E-state index in [9.17, 15) is 23.5 Å². The van der Waals surface area contributed by atoms with Gasteiger partial charge in [-0.25, -0.2) is 4.98 Å². The number of aromatic nitrogens is 1. The first-order valence-corrected chi connectivity index (χ1v) is 12.7. The molecule has 6 nitrogen and oxygen atoms in total. The minimum atomic E-state index is -3.04. The highest BCUT2D eigenvalue weighted by Gasteiger charge is 2.23. The van der Waals surface area contributed by atoms with Gasteiger partial charge in [0.25, 0.3) is 5.91 Å². The zero-order chi connectivity index (χ0) is 27.2. The Morgan fingerprint density at radius 3 is 2.47 bits per heavy atom. The second kappa shape index (κ2) is 12.1. The maximum absolute atomic E-state index is 13.7. The SMILES string of the molecule is Cc1c(-c2ccccc2)nc2ccc(Br)cc2c1C(=O)NC[C@H](CCC(=O)O)c1ccccc1OC(F)F. The summed E-state index contributed by atoms with van der Waals surface area (Å²) in [6.45, 7) is -1.18. The molecule has 196 valence electrons. The van der Waals surface area contributed by atoms with Crippen LogP contribution in [0.4, 0.5) is 8.78 Å². The Balaban J connectivity index is 1.71. The van der Waals surface area contributed by atoms with Crippen molar-refractivity contribution in [3.63, 3.8) is 0 Å². The monoisotopic (exact) mass is 582 g/mol. The van der Waals surface area contributed by atoms with Crippen LogP contribution < -0.4 is 10.1 Å². The summed E-state index contributed by atoms with van der Waals surface area (Å²) in [5, 5.41) is 12.8. The highest BCUT2D eigenvalue weighted by Crippen LogP contribution is 2.33. The molecule has 0 saturated heterocycles. The number of carbonyl (C=O) groups excluding carboxylic acids is 1. The number of amides is 1. The molecule has 9 heteroatoms. The number of nitrogens with zero attached hydrogens (tertiary/aromatic N) is 1. The van der Waals surface area contributed by atoms with Gasteiger partial charge in [0, 0.05) is 34.3 Å². The zero-order valence-electron chi connectivity index (χ0n) is 20.5. The molecule has 4 rings (SSSR count). The van der Waals surface area contributed by atoms with Crippen LogP contribution in [-0.4, -0.2) is 35.1 Å². The average molecular weight is 583 g/mol. The fourth-order valence-corrected chi connectivity index (χ4v) is 4.85. The number of rotatable bonds is 10. The van der Waals surface area contributed by atoms with Crippen molar-refractivity contribution >= 4 is 38.7 Å². The number of carbonyl (C=O) groups is 2. The molecule has 1 atom stereocenters. The van der Waals surface area contributed by atoms with E-state index in [0.717, 1.165) is 10.0 Å². The summed E-state index contributed by atoms with van der Waals surface area (Å²) in [5.74, 6) is -2.02. The lowest BCUT2D eigenvalue weighted by atomic mass is 9.92. The highest BCUT2D eigenvalue weighted by atomic mass is 79.9. The number of alkyl halides is 2. The minimum absolute atomic E-state index is 0.0215. The van der Waals surface area contributed by atoms with Gasteiger partial charge in [-0.15, -0.1) is 0 Å². The third-order valence-corrected chi connectivity index (χ3v) is 6.75. The van der Waals surface area contributed by atoms with Gasteiger partial charge < -0.3 is 15.2 Å². The Morgan fingerprint density at radius 2 is 1.76 bits per heavy atom. The summed E-state index contributed by atoms with van der Waals surface area (Å²) >= 11 is 3.47. The first-order valence-electron chi connectivity index (χ1n) is 11.9. The first kappa shape index (κ1) is 27.2. The molecule has 2 N–H and O–H groups in total. The van der Waals surface area contributed by atoms with Gasteiger partial charge in [0.2, 0.25) is 0 Å². The van der Waals surface area contributed by atoms with Crippen LogP contribution in [-0.2, 0) is 4.79 Å². The number of nitrogens with one attached hydrogen (secondary N) is 1.